The molecular weight excluding hydrogens is 498 g/mol. The van der Waals surface area contributed by atoms with E-state index in [2.05, 4.69) is 20.9 Å². The zero-order valence-electron chi connectivity index (χ0n) is 18.0. The largest absolute Gasteiger partial charge is 0.296 e. The standard InChI is InChI=1S/C25H20BrN5OS/c1-17-23(24(32)31(29(17)2)21-8-4-3-5-9-21)30-22(18-10-12-19(26)13-11-18)16-33-25(30)28-20-7-6-14-27-15-20/h3-16H,1-2H3. The van der Waals surface area contributed by atoms with Crippen molar-refractivity contribution in [2.75, 3.05) is 0 Å². The number of hydrogen-bond acceptors (Lipinski definition) is 4. The van der Waals surface area contributed by atoms with Crippen molar-refractivity contribution in [2.24, 2.45) is 12.0 Å². The highest BCUT2D eigenvalue weighted by Crippen LogP contribution is 2.26. The van der Waals surface area contributed by atoms with Gasteiger partial charge in [0.15, 0.2) is 4.80 Å². The molecule has 3 aromatic heterocycles. The Bertz CT molecular complexity index is 1540. The molecule has 0 aliphatic rings. The first-order valence-electron chi connectivity index (χ1n) is 10.3. The Morgan fingerprint density at radius 2 is 1.76 bits per heavy atom. The molecule has 164 valence electrons. The maximum atomic E-state index is 13.8. The number of thiazole rings is 1. The Labute approximate surface area is 202 Å². The second-order valence-electron chi connectivity index (χ2n) is 7.48. The van der Waals surface area contributed by atoms with Crippen LogP contribution in [0.15, 0.2) is 98.8 Å². The Hall–Kier alpha value is -3.49. The van der Waals surface area contributed by atoms with Gasteiger partial charge in [-0.3, -0.25) is 19.0 Å². The fourth-order valence-corrected chi connectivity index (χ4v) is 4.95. The molecule has 0 atom stereocenters. The highest BCUT2D eigenvalue weighted by Gasteiger charge is 2.22. The van der Waals surface area contributed by atoms with Crippen molar-refractivity contribution in [3.8, 4) is 22.6 Å². The van der Waals surface area contributed by atoms with Crippen LogP contribution >= 0.6 is 27.3 Å². The summed E-state index contributed by atoms with van der Waals surface area (Å²) in [5.74, 6) is 0. The minimum absolute atomic E-state index is 0.106. The number of rotatable bonds is 4. The Balaban J connectivity index is 1.83. The van der Waals surface area contributed by atoms with E-state index in [0.29, 0.717) is 10.5 Å². The summed E-state index contributed by atoms with van der Waals surface area (Å²) in [6.45, 7) is 1.96. The molecule has 0 spiro atoms. The molecule has 0 radical (unpaired) electrons. The van der Waals surface area contributed by atoms with Crippen molar-refractivity contribution in [3.63, 3.8) is 0 Å². The molecular formula is C25H20BrN5OS. The number of hydrogen-bond donors (Lipinski definition) is 0. The maximum Gasteiger partial charge on any atom is 0.296 e. The van der Waals surface area contributed by atoms with Gasteiger partial charge in [0.05, 0.1) is 29.0 Å². The normalized spacial score (nSPS) is 11.8. The van der Waals surface area contributed by atoms with Crippen molar-refractivity contribution < 1.29 is 0 Å². The molecule has 3 heterocycles. The molecule has 0 aliphatic carbocycles. The molecule has 0 saturated carbocycles. The number of aromatic nitrogens is 4. The zero-order chi connectivity index (χ0) is 22.9. The van der Waals surface area contributed by atoms with E-state index in [4.69, 9.17) is 4.99 Å². The van der Waals surface area contributed by atoms with Gasteiger partial charge < -0.3 is 0 Å². The van der Waals surface area contributed by atoms with E-state index in [1.54, 1.807) is 17.1 Å². The van der Waals surface area contributed by atoms with E-state index in [1.165, 1.54) is 11.3 Å². The summed E-state index contributed by atoms with van der Waals surface area (Å²) in [6, 6.07) is 21.5. The highest BCUT2D eigenvalue weighted by atomic mass is 79.9. The van der Waals surface area contributed by atoms with Gasteiger partial charge in [0, 0.05) is 23.1 Å². The summed E-state index contributed by atoms with van der Waals surface area (Å²) >= 11 is 5.00. The van der Waals surface area contributed by atoms with Gasteiger partial charge in [-0.2, -0.15) is 0 Å². The molecule has 0 saturated heterocycles. The van der Waals surface area contributed by atoms with Crippen molar-refractivity contribution in [1.82, 2.24) is 18.9 Å². The highest BCUT2D eigenvalue weighted by molar-refractivity contribution is 9.10. The second kappa shape index (κ2) is 8.80. The molecule has 0 bridgehead atoms. The lowest BCUT2D eigenvalue weighted by Gasteiger charge is -2.08. The van der Waals surface area contributed by atoms with Crippen molar-refractivity contribution >= 4 is 33.0 Å². The van der Waals surface area contributed by atoms with Crippen LogP contribution in [-0.4, -0.2) is 18.9 Å². The van der Waals surface area contributed by atoms with Crippen LogP contribution in [0.5, 0.6) is 0 Å². The van der Waals surface area contributed by atoms with Gasteiger partial charge in [0.2, 0.25) is 0 Å². The molecule has 0 N–H and O–H groups in total. The lowest BCUT2D eigenvalue weighted by atomic mass is 10.1. The van der Waals surface area contributed by atoms with Gasteiger partial charge in [-0.1, -0.05) is 46.3 Å². The van der Waals surface area contributed by atoms with Gasteiger partial charge in [0.1, 0.15) is 5.69 Å². The molecule has 0 fully saturated rings. The number of benzene rings is 2. The van der Waals surface area contributed by atoms with Gasteiger partial charge >= 0.3 is 0 Å². The van der Waals surface area contributed by atoms with E-state index in [-0.39, 0.29) is 5.56 Å². The van der Waals surface area contributed by atoms with Gasteiger partial charge in [0.25, 0.3) is 5.56 Å². The third kappa shape index (κ3) is 3.92. The molecule has 2 aromatic carbocycles. The van der Waals surface area contributed by atoms with Crippen LogP contribution in [0.25, 0.3) is 22.6 Å². The average Bonchev–Trinajstić information content (AvgIpc) is 3.33. The second-order valence-corrected chi connectivity index (χ2v) is 9.23. The van der Waals surface area contributed by atoms with Crippen molar-refractivity contribution in [1.29, 1.82) is 0 Å². The van der Waals surface area contributed by atoms with Crippen LogP contribution in [0.2, 0.25) is 0 Å². The van der Waals surface area contributed by atoms with E-state index < -0.39 is 0 Å². The van der Waals surface area contributed by atoms with Crippen LogP contribution in [-0.2, 0) is 7.05 Å². The lowest BCUT2D eigenvalue weighted by molar-refractivity contribution is 0.630. The first-order valence-corrected chi connectivity index (χ1v) is 12.0. The van der Waals surface area contributed by atoms with E-state index >= 15 is 0 Å². The SMILES string of the molecule is Cc1c(-n2c(-c3ccc(Br)cc3)csc2=Nc2cccnc2)c(=O)n(-c2ccccc2)n1C. The molecule has 33 heavy (non-hydrogen) atoms. The number of nitrogens with zero attached hydrogens (tertiary/aromatic N) is 5. The molecule has 8 heteroatoms. The first-order chi connectivity index (χ1) is 16.0. The van der Waals surface area contributed by atoms with Gasteiger partial charge in [-0.05, 0) is 48.9 Å². The fraction of sp³-hybridized carbons (Fsp3) is 0.0800. The zero-order valence-corrected chi connectivity index (χ0v) is 20.4. The predicted molar refractivity (Wildman–Crippen MR) is 136 cm³/mol. The van der Waals surface area contributed by atoms with E-state index in [0.717, 1.165) is 32.8 Å². The summed E-state index contributed by atoms with van der Waals surface area (Å²) in [5.41, 5.74) is 4.75. The molecule has 5 rings (SSSR count). The predicted octanol–water partition coefficient (Wildman–Crippen LogP) is 5.39. The number of halogens is 1. The topological polar surface area (TPSA) is 57.1 Å². The van der Waals surface area contributed by atoms with Crippen LogP contribution in [0.1, 0.15) is 5.69 Å². The summed E-state index contributed by atoms with van der Waals surface area (Å²) in [7, 11) is 1.90. The van der Waals surface area contributed by atoms with Crippen LogP contribution in [0.4, 0.5) is 5.69 Å². The summed E-state index contributed by atoms with van der Waals surface area (Å²) in [4.78, 5) is 23.5. The maximum absolute atomic E-state index is 13.8. The number of pyridine rings is 1. The average molecular weight is 518 g/mol. The third-order valence-electron chi connectivity index (χ3n) is 5.47. The monoisotopic (exact) mass is 517 g/mol. The molecule has 0 unspecified atom stereocenters. The minimum Gasteiger partial charge on any atom is -0.283 e. The fourth-order valence-electron chi connectivity index (χ4n) is 3.77. The van der Waals surface area contributed by atoms with Crippen LogP contribution < -0.4 is 10.4 Å². The van der Waals surface area contributed by atoms with Crippen molar-refractivity contribution in [3.05, 3.63) is 110 Å². The van der Waals surface area contributed by atoms with E-state index in [1.807, 2.05) is 95.3 Å². The first kappa shape index (κ1) is 21.4. The van der Waals surface area contributed by atoms with Crippen LogP contribution in [0.3, 0.4) is 0 Å². The van der Waals surface area contributed by atoms with Crippen molar-refractivity contribution in [2.45, 2.75) is 6.92 Å². The summed E-state index contributed by atoms with van der Waals surface area (Å²) in [5, 5.41) is 2.04. The Kier molecular flexibility index (Phi) is 5.70. The lowest BCUT2D eigenvalue weighted by Crippen LogP contribution is -2.24. The molecule has 5 aromatic rings. The van der Waals surface area contributed by atoms with Gasteiger partial charge in [-0.15, -0.1) is 11.3 Å². The molecule has 0 amide bonds. The minimum atomic E-state index is -0.106. The van der Waals surface area contributed by atoms with Gasteiger partial charge in [-0.25, -0.2) is 9.67 Å². The quantitative estimate of drug-likeness (QED) is 0.320. The summed E-state index contributed by atoms with van der Waals surface area (Å²) < 4.78 is 6.53. The third-order valence-corrected chi connectivity index (χ3v) is 6.82. The number of para-hydroxylation sites is 1. The Morgan fingerprint density at radius 1 is 1.00 bits per heavy atom. The smallest absolute Gasteiger partial charge is 0.283 e. The van der Waals surface area contributed by atoms with Crippen LogP contribution in [0, 0.1) is 6.92 Å². The molecule has 0 aliphatic heterocycles. The van der Waals surface area contributed by atoms with E-state index in [9.17, 15) is 4.79 Å². The summed E-state index contributed by atoms with van der Waals surface area (Å²) in [6.07, 6.45) is 3.43. The Morgan fingerprint density at radius 3 is 2.45 bits per heavy atom. The molecule has 6 nitrogen and oxygen atoms in total.